The molecule has 0 aromatic carbocycles. The van der Waals surface area contributed by atoms with Crippen LogP contribution in [0.15, 0.2) is 0 Å². The first-order chi connectivity index (χ1) is 9.99. The molecule has 1 rings (SSSR count). The molecule has 1 aliphatic carbocycles. The highest BCUT2D eigenvalue weighted by molar-refractivity contribution is 4.98. The van der Waals surface area contributed by atoms with Crippen molar-refractivity contribution in [1.82, 2.24) is 5.32 Å². The van der Waals surface area contributed by atoms with Gasteiger partial charge in [0.05, 0.1) is 5.60 Å². The second kappa shape index (κ2) is 9.12. The largest absolute Gasteiger partial charge is 0.385 e. The van der Waals surface area contributed by atoms with E-state index in [1.807, 2.05) is 0 Å². The second-order valence-electron chi connectivity index (χ2n) is 7.30. The SMILES string of the molecule is CCCNC(CCCOC)C1(OCC)CCC(C)(C)CC1. The van der Waals surface area contributed by atoms with Crippen molar-refractivity contribution >= 4 is 0 Å². The Kier molecular flexibility index (Phi) is 8.22. The molecule has 1 N–H and O–H groups in total. The van der Waals surface area contributed by atoms with Crippen LogP contribution in [0.5, 0.6) is 0 Å². The summed E-state index contributed by atoms with van der Waals surface area (Å²) in [6.07, 6.45) is 8.33. The predicted octanol–water partition coefficient (Wildman–Crippen LogP) is 4.16. The molecule has 0 spiro atoms. The van der Waals surface area contributed by atoms with Crippen molar-refractivity contribution in [3.05, 3.63) is 0 Å². The van der Waals surface area contributed by atoms with Crippen LogP contribution in [0.3, 0.4) is 0 Å². The zero-order chi connectivity index (χ0) is 15.8. The first kappa shape index (κ1) is 18.9. The van der Waals surface area contributed by atoms with E-state index in [1.54, 1.807) is 7.11 Å². The van der Waals surface area contributed by atoms with Gasteiger partial charge in [-0.15, -0.1) is 0 Å². The Morgan fingerprint density at radius 2 is 1.76 bits per heavy atom. The van der Waals surface area contributed by atoms with Gasteiger partial charge in [-0.25, -0.2) is 0 Å². The standard InChI is InChI=1S/C18H37NO2/c1-6-14-19-16(9-8-15-20-5)18(21-7-2)12-10-17(3,4)11-13-18/h16,19H,6-15H2,1-5H3. The van der Waals surface area contributed by atoms with Crippen LogP contribution in [0, 0.1) is 5.41 Å². The van der Waals surface area contributed by atoms with Gasteiger partial charge < -0.3 is 14.8 Å². The molecule has 0 amide bonds. The molecule has 21 heavy (non-hydrogen) atoms. The van der Waals surface area contributed by atoms with E-state index in [4.69, 9.17) is 9.47 Å². The van der Waals surface area contributed by atoms with E-state index in [9.17, 15) is 0 Å². The van der Waals surface area contributed by atoms with Gasteiger partial charge in [-0.05, 0) is 63.8 Å². The Morgan fingerprint density at radius 3 is 2.29 bits per heavy atom. The molecule has 1 aliphatic rings. The van der Waals surface area contributed by atoms with E-state index in [2.05, 4.69) is 33.0 Å². The van der Waals surface area contributed by atoms with E-state index in [1.165, 1.54) is 32.1 Å². The Balaban J connectivity index is 2.75. The summed E-state index contributed by atoms with van der Waals surface area (Å²) in [4.78, 5) is 0. The lowest BCUT2D eigenvalue weighted by Gasteiger charge is -2.48. The molecular weight excluding hydrogens is 262 g/mol. The van der Waals surface area contributed by atoms with Gasteiger partial charge in [-0.1, -0.05) is 20.8 Å². The molecule has 0 bridgehead atoms. The lowest BCUT2D eigenvalue weighted by molar-refractivity contribution is -0.108. The van der Waals surface area contributed by atoms with Crippen molar-refractivity contribution in [3.63, 3.8) is 0 Å². The van der Waals surface area contributed by atoms with E-state index in [0.29, 0.717) is 11.5 Å². The van der Waals surface area contributed by atoms with Crippen molar-refractivity contribution in [1.29, 1.82) is 0 Å². The maximum atomic E-state index is 6.35. The first-order valence-electron chi connectivity index (χ1n) is 8.86. The van der Waals surface area contributed by atoms with Gasteiger partial charge >= 0.3 is 0 Å². The first-order valence-corrected chi connectivity index (χ1v) is 8.86. The van der Waals surface area contributed by atoms with Crippen LogP contribution in [0.2, 0.25) is 0 Å². The zero-order valence-corrected chi connectivity index (χ0v) is 15.0. The Morgan fingerprint density at radius 1 is 1.10 bits per heavy atom. The minimum atomic E-state index is 0.0349. The molecule has 0 heterocycles. The summed E-state index contributed by atoms with van der Waals surface area (Å²) < 4.78 is 11.6. The number of ether oxygens (including phenoxy) is 2. The minimum absolute atomic E-state index is 0.0349. The molecule has 1 atom stereocenters. The molecule has 126 valence electrons. The quantitative estimate of drug-likeness (QED) is 0.615. The van der Waals surface area contributed by atoms with Crippen LogP contribution < -0.4 is 5.32 Å². The third kappa shape index (κ3) is 5.88. The van der Waals surface area contributed by atoms with Crippen molar-refractivity contribution in [2.45, 2.75) is 84.3 Å². The third-order valence-electron chi connectivity index (χ3n) is 5.00. The summed E-state index contributed by atoms with van der Waals surface area (Å²) in [5.74, 6) is 0. The Bertz CT molecular complexity index is 268. The molecule has 0 aromatic rings. The van der Waals surface area contributed by atoms with Crippen molar-refractivity contribution in [2.24, 2.45) is 5.41 Å². The normalized spacial score (nSPS) is 22.1. The van der Waals surface area contributed by atoms with Crippen LogP contribution in [-0.4, -0.2) is 38.5 Å². The molecule has 3 heteroatoms. The monoisotopic (exact) mass is 299 g/mol. The third-order valence-corrected chi connectivity index (χ3v) is 5.00. The molecule has 0 aliphatic heterocycles. The number of hydrogen-bond acceptors (Lipinski definition) is 3. The van der Waals surface area contributed by atoms with E-state index in [0.717, 1.165) is 32.6 Å². The fraction of sp³-hybridized carbons (Fsp3) is 1.00. The van der Waals surface area contributed by atoms with Gasteiger partial charge in [0.2, 0.25) is 0 Å². The summed E-state index contributed by atoms with van der Waals surface area (Å²) in [6, 6.07) is 0.462. The zero-order valence-electron chi connectivity index (χ0n) is 15.0. The molecular formula is C18H37NO2. The average Bonchev–Trinajstić information content (AvgIpc) is 2.46. The van der Waals surface area contributed by atoms with E-state index in [-0.39, 0.29) is 5.60 Å². The minimum Gasteiger partial charge on any atom is -0.385 e. The number of methoxy groups -OCH3 is 1. The van der Waals surface area contributed by atoms with Crippen LogP contribution in [-0.2, 0) is 9.47 Å². The highest BCUT2D eigenvalue weighted by Crippen LogP contribution is 2.44. The lowest BCUT2D eigenvalue weighted by Crippen LogP contribution is -2.55. The topological polar surface area (TPSA) is 30.5 Å². The number of rotatable bonds is 10. The fourth-order valence-electron chi connectivity index (χ4n) is 3.53. The summed E-state index contributed by atoms with van der Waals surface area (Å²) in [6.45, 7) is 11.9. The van der Waals surface area contributed by atoms with Crippen molar-refractivity contribution < 1.29 is 9.47 Å². The average molecular weight is 299 g/mol. The smallest absolute Gasteiger partial charge is 0.0834 e. The number of hydrogen-bond donors (Lipinski definition) is 1. The molecule has 0 radical (unpaired) electrons. The van der Waals surface area contributed by atoms with Gasteiger partial charge in [0, 0.05) is 26.4 Å². The van der Waals surface area contributed by atoms with Crippen LogP contribution in [0.4, 0.5) is 0 Å². The fourth-order valence-corrected chi connectivity index (χ4v) is 3.53. The molecule has 1 saturated carbocycles. The van der Waals surface area contributed by atoms with Gasteiger partial charge in [0.15, 0.2) is 0 Å². The summed E-state index contributed by atoms with van der Waals surface area (Å²) in [7, 11) is 1.79. The van der Waals surface area contributed by atoms with Gasteiger partial charge in [-0.3, -0.25) is 0 Å². The van der Waals surface area contributed by atoms with Gasteiger partial charge in [-0.2, -0.15) is 0 Å². The van der Waals surface area contributed by atoms with Crippen LogP contribution in [0.1, 0.15) is 72.6 Å². The second-order valence-corrected chi connectivity index (χ2v) is 7.30. The maximum Gasteiger partial charge on any atom is 0.0834 e. The predicted molar refractivity (Wildman–Crippen MR) is 89.8 cm³/mol. The highest BCUT2D eigenvalue weighted by atomic mass is 16.5. The van der Waals surface area contributed by atoms with Crippen molar-refractivity contribution in [3.8, 4) is 0 Å². The Labute approximate surface area is 132 Å². The van der Waals surface area contributed by atoms with Crippen molar-refractivity contribution in [2.75, 3.05) is 26.9 Å². The molecule has 1 unspecified atom stereocenters. The summed E-state index contributed by atoms with van der Waals surface area (Å²) >= 11 is 0. The molecule has 3 nitrogen and oxygen atoms in total. The van der Waals surface area contributed by atoms with Crippen LogP contribution in [0.25, 0.3) is 0 Å². The molecule has 1 fully saturated rings. The summed E-state index contributed by atoms with van der Waals surface area (Å²) in [5, 5.41) is 3.77. The van der Waals surface area contributed by atoms with Crippen LogP contribution >= 0.6 is 0 Å². The number of nitrogens with one attached hydrogen (secondary N) is 1. The maximum absolute atomic E-state index is 6.35. The van der Waals surface area contributed by atoms with Gasteiger partial charge in [0.25, 0.3) is 0 Å². The van der Waals surface area contributed by atoms with E-state index < -0.39 is 0 Å². The highest BCUT2D eigenvalue weighted by Gasteiger charge is 2.44. The van der Waals surface area contributed by atoms with E-state index >= 15 is 0 Å². The molecule has 0 saturated heterocycles. The lowest BCUT2D eigenvalue weighted by atomic mass is 9.67. The molecule has 0 aromatic heterocycles. The summed E-state index contributed by atoms with van der Waals surface area (Å²) in [5.41, 5.74) is 0.510. The van der Waals surface area contributed by atoms with Gasteiger partial charge in [0.1, 0.15) is 0 Å². The Hall–Kier alpha value is -0.120.